The van der Waals surface area contributed by atoms with Crippen molar-refractivity contribution in [3.8, 4) is 5.75 Å². The summed E-state index contributed by atoms with van der Waals surface area (Å²) < 4.78 is 10.9. The number of esters is 1. The quantitative estimate of drug-likeness (QED) is 0.762. The number of likely N-dealkylation sites (tertiary alicyclic amines) is 1. The van der Waals surface area contributed by atoms with Gasteiger partial charge in [-0.2, -0.15) is 0 Å². The van der Waals surface area contributed by atoms with Crippen molar-refractivity contribution in [2.75, 3.05) is 26.7 Å². The second kappa shape index (κ2) is 8.97. The fourth-order valence-corrected chi connectivity index (χ4v) is 4.72. The van der Waals surface area contributed by atoms with Crippen LogP contribution in [-0.2, 0) is 11.2 Å². The van der Waals surface area contributed by atoms with Crippen LogP contribution >= 0.6 is 0 Å². The molecule has 2 aromatic rings. The summed E-state index contributed by atoms with van der Waals surface area (Å²) in [6.07, 6.45) is 1.96. The van der Waals surface area contributed by atoms with Gasteiger partial charge in [0, 0.05) is 19.6 Å². The highest BCUT2D eigenvalue weighted by Gasteiger charge is 2.42. The molecule has 2 fully saturated rings. The molecule has 154 valence electrons. The highest BCUT2D eigenvalue weighted by Crippen LogP contribution is 2.38. The summed E-state index contributed by atoms with van der Waals surface area (Å²) in [6.45, 7) is 3.17. The third-order valence-corrected chi connectivity index (χ3v) is 6.26. The minimum atomic E-state index is -0.480. The number of rotatable bonds is 6. The Labute approximate surface area is 172 Å². The summed E-state index contributed by atoms with van der Waals surface area (Å²) in [5.41, 5.74) is 1.83. The number of hydrogen-bond acceptors (Lipinski definition) is 5. The molecule has 1 saturated carbocycles. The lowest BCUT2D eigenvalue weighted by Gasteiger charge is -2.35. The number of carbonyl (C=O) groups is 1. The van der Waals surface area contributed by atoms with Crippen molar-refractivity contribution in [3.05, 3.63) is 65.7 Å². The molecular weight excluding hydrogens is 366 g/mol. The van der Waals surface area contributed by atoms with Crippen LogP contribution in [0.5, 0.6) is 5.75 Å². The van der Waals surface area contributed by atoms with E-state index in [4.69, 9.17) is 9.47 Å². The minimum absolute atomic E-state index is 0.238. The Morgan fingerprint density at radius 3 is 2.59 bits per heavy atom. The van der Waals surface area contributed by atoms with E-state index in [2.05, 4.69) is 35.2 Å². The van der Waals surface area contributed by atoms with Crippen LogP contribution in [0, 0.1) is 11.8 Å². The van der Waals surface area contributed by atoms with Crippen LogP contribution in [0.3, 0.4) is 0 Å². The van der Waals surface area contributed by atoms with E-state index in [0.717, 1.165) is 38.9 Å². The summed E-state index contributed by atoms with van der Waals surface area (Å²) in [5.74, 6) is 1.30. The summed E-state index contributed by atoms with van der Waals surface area (Å²) in [7, 11) is 1.37. The number of aliphatic hydroxyl groups excluding tert-OH is 1. The molecule has 1 aliphatic heterocycles. The largest absolute Gasteiger partial charge is 0.488 e. The van der Waals surface area contributed by atoms with Crippen molar-refractivity contribution in [2.45, 2.75) is 31.5 Å². The highest BCUT2D eigenvalue weighted by atomic mass is 16.5. The molecular formula is C24H29NO4. The number of benzene rings is 2. The molecule has 0 radical (unpaired) electrons. The zero-order valence-electron chi connectivity index (χ0n) is 16.9. The van der Waals surface area contributed by atoms with Crippen LogP contribution in [0.2, 0.25) is 0 Å². The van der Waals surface area contributed by atoms with Gasteiger partial charge in [-0.05, 0) is 54.9 Å². The molecule has 0 aromatic heterocycles. The number of aliphatic hydroxyl groups is 1. The third-order valence-electron chi connectivity index (χ3n) is 6.26. The summed E-state index contributed by atoms with van der Waals surface area (Å²) in [6, 6.07) is 17.6. The van der Waals surface area contributed by atoms with Crippen molar-refractivity contribution >= 4 is 5.97 Å². The predicted molar refractivity (Wildman–Crippen MR) is 111 cm³/mol. The van der Waals surface area contributed by atoms with Crippen LogP contribution in [0.1, 0.15) is 28.8 Å². The lowest BCUT2D eigenvalue weighted by molar-refractivity contribution is -0.0231. The molecule has 0 spiro atoms. The van der Waals surface area contributed by atoms with Gasteiger partial charge in [0.2, 0.25) is 0 Å². The van der Waals surface area contributed by atoms with Crippen molar-refractivity contribution in [3.63, 3.8) is 0 Å². The molecule has 1 aliphatic carbocycles. The van der Waals surface area contributed by atoms with Crippen LogP contribution in [0.15, 0.2) is 54.6 Å². The van der Waals surface area contributed by atoms with Crippen molar-refractivity contribution < 1.29 is 19.4 Å². The lowest BCUT2D eigenvalue weighted by Crippen LogP contribution is -2.42. The summed E-state index contributed by atoms with van der Waals surface area (Å²) >= 11 is 0. The van der Waals surface area contributed by atoms with Crippen molar-refractivity contribution in [1.29, 1.82) is 0 Å². The molecule has 0 amide bonds. The molecule has 0 unspecified atom stereocenters. The number of hydrogen-bond donors (Lipinski definition) is 1. The van der Waals surface area contributed by atoms with E-state index in [1.54, 1.807) is 18.2 Å². The monoisotopic (exact) mass is 395 g/mol. The van der Waals surface area contributed by atoms with E-state index in [1.165, 1.54) is 12.7 Å². The van der Waals surface area contributed by atoms with Gasteiger partial charge in [-0.1, -0.05) is 36.4 Å². The molecule has 5 heteroatoms. The SMILES string of the molecule is COC(=O)c1cccc(O[C@@H]2C[C@@H]3CN(CCc4ccccc4)C[C@@H]3C[C@H]2O)c1. The van der Waals surface area contributed by atoms with Gasteiger partial charge >= 0.3 is 5.97 Å². The van der Waals surface area contributed by atoms with Gasteiger partial charge in [-0.15, -0.1) is 0 Å². The Hall–Kier alpha value is -2.37. The van der Waals surface area contributed by atoms with Crippen LogP contribution in [0.25, 0.3) is 0 Å². The second-order valence-electron chi connectivity index (χ2n) is 8.23. The molecule has 2 aromatic carbocycles. The standard InChI is InChI=1S/C24H29NO4/c1-28-24(27)18-8-5-9-21(12-18)29-23-14-20-16-25(15-19(20)13-22(23)26)11-10-17-6-3-2-4-7-17/h2-9,12,19-20,22-23,26H,10-11,13-16H2,1H3/t19-,20+,22+,23+/m0/s1. The fourth-order valence-electron chi connectivity index (χ4n) is 4.72. The predicted octanol–water partition coefficient (Wildman–Crippen LogP) is 3.17. The first-order chi connectivity index (χ1) is 14.1. The number of nitrogens with zero attached hydrogens (tertiary/aromatic N) is 1. The first kappa shape index (κ1) is 19.9. The summed E-state index contributed by atoms with van der Waals surface area (Å²) in [4.78, 5) is 14.3. The molecule has 1 N–H and O–H groups in total. The average molecular weight is 395 g/mol. The average Bonchev–Trinajstić information content (AvgIpc) is 3.14. The highest BCUT2D eigenvalue weighted by molar-refractivity contribution is 5.89. The molecule has 4 atom stereocenters. The van der Waals surface area contributed by atoms with E-state index >= 15 is 0 Å². The van der Waals surface area contributed by atoms with Crippen molar-refractivity contribution in [2.24, 2.45) is 11.8 Å². The maximum atomic E-state index is 11.7. The van der Waals surface area contributed by atoms with E-state index < -0.39 is 6.10 Å². The molecule has 29 heavy (non-hydrogen) atoms. The van der Waals surface area contributed by atoms with E-state index in [1.807, 2.05) is 6.07 Å². The Bertz CT molecular complexity index is 825. The molecule has 0 bridgehead atoms. The first-order valence-electron chi connectivity index (χ1n) is 10.4. The van der Waals surface area contributed by atoms with Gasteiger partial charge in [0.25, 0.3) is 0 Å². The maximum absolute atomic E-state index is 11.7. The lowest BCUT2D eigenvalue weighted by atomic mass is 9.78. The Morgan fingerprint density at radius 1 is 1.07 bits per heavy atom. The number of methoxy groups -OCH3 is 1. The molecule has 4 rings (SSSR count). The van der Waals surface area contributed by atoms with Gasteiger partial charge in [-0.25, -0.2) is 4.79 Å². The van der Waals surface area contributed by atoms with E-state index in [0.29, 0.717) is 23.1 Å². The molecule has 2 aliphatic rings. The minimum Gasteiger partial charge on any atom is -0.488 e. The number of ether oxygens (including phenoxy) is 2. The molecule has 1 heterocycles. The Balaban J connectivity index is 1.34. The van der Waals surface area contributed by atoms with Crippen LogP contribution in [-0.4, -0.2) is 54.9 Å². The maximum Gasteiger partial charge on any atom is 0.337 e. The van der Waals surface area contributed by atoms with E-state index in [9.17, 15) is 9.90 Å². The molecule has 5 nitrogen and oxygen atoms in total. The van der Waals surface area contributed by atoms with Crippen molar-refractivity contribution in [1.82, 2.24) is 4.90 Å². The van der Waals surface area contributed by atoms with E-state index in [-0.39, 0.29) is 12.1 Å². The zero-order chi connectivity index (χ0) is 20.2. The topological polar surface area (TPSA) is 59.0 Å². The zero-order valence-corrected chi connectivity index (χ0v) is 16.9. The summed E-state index contributed by atoms with van der Waals surface area (Å²) in [5, 5.41) is 10.7. The van der Waals surface area contributed by atoms with Gasteiger partial charge in [0.1, 0.15) is 11.9 Å². The van der Waals surface area contributed by atoms with Gasteiger partial charge in [0.05, 0.1) is 18.8 Å². The smallest absolute Gasteiger partial charge is 0.337 e. The Kier molecular flexibility index (Phi) is 6.16. The third kappa shape index (κ3) is 4.80. The van der Waals surface area contributed by atoms with Crippen LogP contribution in [0.4, 0.5) is 0 Å². The fraction of sp³-hybridized carbons (Fsp3) is 0.458. The Morgan fingerprint density at radius 2 is 1.83 bits per heavy atom. The number of fused-ring (bicyclic) bond motifs is 1. The number of carbonyl (C=O) groups excluding carboxylic acids is 1. The van der Waals surface area contributed by atoms with Gasteiger partial charge < -0.3 is 19.5 Å². The first-order valence-corrected chi connectivity index (χ1v) is 10.4. The van der Waals surface area contributed by atoms with Gasteiger partial charge in [0.15, 0.2) is 0 Å². The van der Waals surface area contributed by atoms with Gasteiger partial charge in [-0.3, -0.25) is 0 Å². The van der Waals surface area contributed by atoms with Crippen LogP contribution < -0.4 is 4.74 Å². The molecule has 1 saturated heterocycles. The second-order valence-corrected chi connectivity index (χ2v) is 8.23. The normalized spacial score (nSPS) is 26.7.